The van der Waals surface area contributed by atoms with Crippen LogP contribution in [0.4, 0.5) is 23.1 Å². The zero-order valence-corrected chi connectivity index (χ0v) is 20.2. The van der Waals surface area contributed by atoms with Gasteiger partial charge in [-0.2, -0.15) is 4.98 Å². The lowest BCUT2D eigenvalue weighted by molar-refractivity contribution is -0.145. The van der Waals surface area contributed by atoms with E-state index in [1.807, 2.05) is 0 Å². The monoisotopic (exact) mass is 599 g/mol. The smallest absolute Gasteiger partial charge is 0.326 e. The zero-order valence-electron chi connectivity index (χ0n) is 18.0. The van der Waals surface area contributed by atoms with E-state index in [0.29, 0.717) is 24.6 Å². The number of aromatic nitrogens is 2. The normalized spacial score (nSPS) is 16.0. The fourth-order valence-electron chi connectivity index (χ4n) is 3.32. The average molecular weight is 599 g/mol. The van der Waals surface area contributed by atoms with E-state index in [1.165, 1.54) is 34.7 Å². The number of anilines is 4. The van der Waals surface area contributed by atoms with Crippen LogP contribution in [0.3, 0.4) is 0 Å². The van der Waals surface area contributed by atoms with Crippen molar-refractivity contribution in [2.24, 2.45) is 5.92 Å². The molecule has 15 heteroatoms. The highest BCUT2D eigenvalue weighted by Gasteiger charge is 2.32. The van der Waals surface area contributed by atoms with E-state index in [4.69, 9.17) is 10.8 Å². The number of carbonyl (C=O) groups is 4. The van der Waals surface area contributed by atoms with Crippen molar-refractivity contribution >= 4 is 67.4 Å². The Morgan fingerprint density at radius 2 is 1.86 bits per heavy atom. The summed E-state index contributed by atoms with van der Waals surface area (Å²) in [5.41, 5.74) is 6.23. The number of hydrogen-bond donors (Lipinski definition) is 8. The van der Waals surface area contributed by atoms with Crippen LogP contribution in [-0.4, -0.2) is 67.0 Å². The Labute approximate surface area is 211 Å². The van der Waals surface area contributed by atoms with Gasteiger partial charge in [0.2, 0.25) is 9.74 Å². The number of nitrogens with one attached hydrogen (secondary N) is 5. The van der Waals surface area contributed by atoms with Crippen molar-refractivity contribution in [2.45, 2.75) is 18.5 Å². The van der Waals surface area contributed by atoms with Gasteiger partial charge in [0, 0.05) is 46.9 Å². The fourth-order valence-corrected chi connectivity index (χ4v) is 3.84. The van der Waals surface area contributed by atoms with Crippen molar-refractivity contribution in [3.05, 3.63) is 40.2 Å². The molecular formula is C20H22IN7O7. The van der Waals surface area contributed by atoms with Gasteiger partial charge in [-0.1, -0.05) is 0 Å². The van der Waals surface area contributed by atoms with Crippen molar-refractivity contribution < 1.29 is 29.4 Å². The molecule has 186 valence electrons. The number of hydrogen-bond acceptors (Lipinski definition) is 10. The van der Waals surface area contributed by atoms with Gasteiger partial charge in [-0.05, 0) is 30.7 Å². The first-order valence-corrected chi connectivity index (χ1v) is 11.3. The summed E-state index contributed by atoms with van der Waals surface area (Å²) in [5.74, 6) is -4.81. The maximum absolute atomic E-state index is 12.5. The molecule has 0 aliphatic carbocycles. The number of benzene rings is 1. The minimum absolute atomic E-state index is 0.0126. The van der Waals surface area contributed by atoms with Gasteiger partial charge >= 0.3 is 11.9 Å². The number of rotatable bonds is 10. The van der Waals surface area contributed by atoms with Gasteiger partial charge < -0.3 is 37.2 Å². The number of fused-ring (bicyclic) bond motifs is 1. The summed E-state index contributed by atoms with van der Waals surface area (Å²) in [6.45, 7) is 0.897. The highest BCUT2D eigenvalue weighted by Crippen LogP contribution is 2.20. The van der Waals surface area contributed by atoms with Gasteiger partial charge in [0.05, 0.1) is 6.04 Å². The van der Waals surface area contributed by atoms with E-state index in [2.05, 4.69) is 31.2 Å². The maximum atomic E-state index is 12.5. The van der Waals surface area contributed by atoms with Crippen LogP contribution < -0.4 is 32.6 Å². The lowest BCUT2D eigenvalue weighted by Crippen LogP contribution is -2.43. The molecule has 9 N–H and O–H groups in total. The first kappa shape index (κ1) is 25.7. The number of nitrogens with zero attached hydrogens (tertiary/aromatic N) is 1. The van der Waals surface area contributed by atoms with Crippen LogP contribution in [0.2, 0.25) is 0 Å². The van der Waals surface area contributed by atoms with Crippen LogP contribution in [0.1, 0.15) is 16.8 Å². The van der Waals surface area contributed by atoms with Gasteiger partial charge in [0.15, 0.2) is 5.82 Å². The topological polar surface area (TPSA) is 229 Å². The number of nitrogens with two attached hydrogens (primary N) is 1. The van der Waals surface area contributed by atoms with Crippen molar-refractivity contribution in [3.8, 4) is 0 Å². The molecule has 1 aliphatic rings. The summed E-state index contributed by atoms with van der Waals surface area (Å²) in [6, 6.07) is 4.44. The SMILES string of the molecule is Nc1nc2c(c(=O)[nH]1)NC(CNc1ccc(C(=O)N[C@@H](CC(C(=O)O)C(=O)I)C(=O)O)cc1)CN2. The van der Waals surface area contributed by atoms with Crippen LogP contribution in [0.25, 0.3) is 0 Å². The molecule has 0 bridgehead atoms. The number of carboxylic acids is 2. The summed E-state index contributed by atoms with van der Waals surface area (Å²) in [4.78, 5) is 65.1. The number of amides is 1. The summed E-state index contributed by atoms with van der Waals surface area (Å²) in [7, 11) is 0. The molecule has 0 saturated heterocycles. The fraction of sp³-hybridized carbons (Fsp3) is 0.300. The third-order valence-electron chi connectivity index (χ3n) is 5.15. The molecule has 2 heterocycles. The molecule has 0 fully saturated rings. The first-order valence-electron chi connectivity index (χ1n) is 10.2. The molecule has 0 spiro atoms. The third-order valence-corrected chi connectivity index (χ3v) is 5.90. The Morgan fingerprint density at radius 3 is 2.46 bits per heavy atom. The summed E-state index contributed by atoms with van der Waals surface area (Å²) < 4.78 is -0.734. The number of aromatic amines is 1. The Balaban J connectivity index is 1.57. The number of nitrogen functional groups attached to an aromatic ring is 1. The van der Waals surface area contributed by atoms with Gasteiger partial charge in [0.1, 0.15) is 17.6 Å². The summed E-state index contributed by atoms with van der Waals surface area (Å²) in [6.07, 6.45) is -0.575. The number of H-pyrrole nitrogens is 1. The number of carbonyl (C=O) groups excluding carboxylic acids is 2. The second kappa shape index (κ2) is 11.0. The Kier molecular flexibility index (Phi) is 8.10. The number of halogens is 1. The minimum atomic E-state index is -1.55. The molecule has 35 heavy (non-hydrogen) atoms. The van der Waals surface area contributed by atoms with Crippen molar-refractivity contribution in [2.75, 3.05) is 34.8 Å². The largest absolute Gasteiger partial charge is 0.481 e. The molecule has 1 amide bonds. The van der Waals surface area contributed by atoms with Gasteiger partial charge in [-0.15, -0.1) is 0 Å². The van der Waals surface area contributed by atoms with Gasteiger partial charge in [0.25, 0.3) is 11.5 Å². The van der Waals surface area contributed by atoms with Crippen molar-refractivity contribution in [1.29, 1.82) is 0 Å². The minimum Gasteiger partial charge on any atom is -0.481 e. The Morgan fingerprint density at radius 1 is 1.17 bits per heavy atom. The van der Waals surface area contributed by atoms with E-state index in [0.717, 1.165) is 0 Å². The number of aliphatic carboxylic acids is 2. The van der Waals surface area contributed by atoms with E-state index in [1.54, 1.807) is 12.1 Å². The van der Waals surface area contributed by atoms with E-state index in [9.17, 15) is 29.1 Å². The molecule has 0 radical (unpaired) electrons. The molecular weight excluding hydrogens is 577 g/mol. The predicted molar refractivity (Wildman–Crippen MR) is 134 cm³/mol. The molecule has 1 aromatic carbocycles. The second-order valence-corrected chi connectivity index (χ2v) is 8.71. The molecule has 2 aromatic rings. The standard InChI is InChI=1S/C20H22IN7O7/c21-14(29)11(18(32)33)5-12(19(34)35)26-16(30)8-1-3-9(4-2-8)23-6-10-7-24-15-13(25-10)17(31)28-20(22)27-15/h1-4,10-12,23,25H,5-7H2,(H,26,30)(H,32,33)(H,34,35)(H4,22,24,27,28,31)/t10?,11?,12-/m0/s1. The van der Waals surface area contributed by atoms with Crippen LogP contribution in [0.5, 0.6) is 0 Å². The van der Waals surface area contributed by atoms with E-state index >= 15 is 0 Å². The summed E-state index contributed by atoms with van der Waals surface area (Å²) >= 11 is 1.29. The molecule has 3 rings (SSSR count). The highest BCUT2D eigenvalue weighted by molar-refractivity contribution is 14.1. The molecule has 3 atom stereocenters. The van der Waals surface area contributed by atoms with E-state index < -0.39 is 45.6 Å². The summed E-state index contributed by atoms with van der Waals surface area (Å²) in [5, 5.41) is 30.0. The number of carboxylic acid groups (broad SMARTS) is 2. The van der Waals surface area contributed by atoms with Crippen LogP contribution in [0, 0.1) is 5.92 Å². The predicted octanol–water partition coefficient (Wildman–Crippen LogP) is -0.0943. The van der Waals surface area contributed by atoms with Crippen molar-refractivity contribution in [1.82, 2.24) is 15.3 Å². The van der Waals surface area contributed by atoms with E-state index in [-0.39, 0.29) is 23.2 Å². The molecule has 1 aromatic heterocycles. The Bertz CT molecular complexity index is 1190. The molecule has 1 aliphatic heterocycles. The van der Waals surface area contributed by atoms with Crippen LogP contribution in [-0.2, 0) is 14.4 Å². The molecule has 0 saturated carbocycles. The lowest BCUT2D eigenvalue weighted by Gasteiger charge is -2.27. The van der Waals surface area contributed by atoms with Gasteiger partial charge in [-0.3, -0.25) is 24.2 Å². The molecule has 2 unspecified atom stereocenters. The Hall–Kier alpha value is -3.89. The second-order valence-electron chi connectivity index (χ2n) is 7.65. The first-order chi connectivity index (χ1) is 16.5. The van der Waals surface area contributed by atoms with Crippen LogP contribution in [0.15, 0.2) is 29.1 Å². The average Bonchev–Trinajstić information content (AvgIpc) is 2.80. The van der Waals surface area contributed by atoms with Gasteiger partial charge in [-0.25, -0.2) is 4.79 Å². The van der Waals surface area contributed by atoms with Crippen LogP contribution >= 0.6 is 22.6 Å². The third kappa shape index (κ3) is 6.58. The molecule has 14 nitrogen and oxygen atoms in total. The quantitative estimate of drug-likeness (QED) is 0.102. The van der Waals surface area contributed by atoms with Crippen molar-refractivity contribution in [3.63, 3.8) is 0 Å². The lowest BCUT2D eigenvalue weighted by atomic mass is 10.0. The highest BCUT2D eigenvalue weighted by atomic mass is 127. The maximum Gasteiger partial charge on any atom is 0.326 e. The zero-order chi connectivity index (χ0) is 25.7.